The van der Waals surface area contributed by atoms with Crippen molar-refractivity contribution in [2.45, 2.75) is 43.4 Å². The van der Waals surface area contributed by atoms with Gasteiger partial charge in [-0.15, -0.1) is 0 Å². The number of ether oxygens (including phenoxy) is 3. The Balaban J connectivity index is 5.91. The van der Waals surface area contributed by atoms with Crippen LogP contribution in [0.1, 0.15) is 20.3 Å². The first-order chi connectivity index (χ1) is 13.2. The number of hydrogen-bond acceptors (Lipinski definition) is 8. The van der Waals surface area contributed by atoms with Gasteiger partial charge in [0.05, 0.1) is 13.2 Å². The summed E-state index contributed by atoms with van der Waals surface area (Å²) in [5.41, 5.74) is 0. The quantitative estimate of drug-likeness (QED) is 0.146. The van der Waals surface area contributed by atoms with Crippen LogP contribution in [0.15, 0.2) is 12.7 Å². The van der Waals surface area contributed by atoms with Gasteiger partial charge in [0.15, 0.2) is 10.1 Å². The summed E-state index contributed by atoms with van der Waals surface area (Å²) in [5.74, 6) is -15.2. The molecule has 1 atom stereocenters. The van der Waals surface area contributed by atoms with E-state index in [4.69, 9.17) is 0 Å². The monoisotopic (exact) mass is 477 g/mol. The molecule has 176 valence electrons. The fourth-order valence-corrected chi connectivity index (χ4v) is 2.03. The van der Waals surface area contributed by atoms with Crippen LogP contribution in [0.2, 0.25) is 0 Å². The summed E-state index contributed by atoms with van der Waals surface area (Å²) in [6, 6.07) is 0. The number of carbonyl (C=O) groups is 2. The Bertz CT molecular complexity index is 748. The van der Waals surface area contributed by atoms with Gasteiger partial charge in [-0.2, -0.15) is 30.7 Å². The third-order valence-corrected chi connectivity index (χ3v) is 3.99. The molecule has 30 heavy (non-hydrogen) atoms. The molecule has 0 bridgehead atoms. The molecule has 8 nitrogen and oxygen atoms in total. The van der Waals surface area contributed by atoms with Crippen molar-refractivity contribution in [2.24, 2.45) is 5.92 Å². The minimum absolute atomic E-state index is 0.145. The number of esters is 2. The molecule has 0 aliphatic carbocycles. The van der Waals surface area contributed by atoms with Crippen molar-refractivity contribution in [1.82, 2.24) is 0 Å². The van der Waals surface area contributed by atoms with Crippen molar-refractivity contribution < 1.29 is 67.5 Å². The first-order valence-electron chi connectivity index (χ1n) is 7.69. The van der Waals surface area contributed by atoms with Crippen LogP contribution in [-0.4, -0.2) is 61.3 Å². The zero-order valence-electron chi connectivity index (χ0n) is 15.3. The first kappa shape index (κ1) is 28.1. The maximum Gasteiger partial charge on any atom is 0.468 e. The van der Waals surface area contributed by atoms with Gasteiger partial charge in [-0.25, -0.2) is 18.0 Å². The molecule has 0 aliphatic heterocycles. The highest BCUT2D eigenvalue weighted by Gasteiger charge is 2.68. The van der Waals surface area contributed by atoms with Crippen LogP contribution in [0.4, 0.5) is 30.7 Å². The fraction of sp³-hybridized carbons (Fsp3) is 0.714. The van der Waals surface area contributed by atoms with E-state index in [9.17, 15) is 53.3 Å². The molecule has 0 fully saturated rings. The SMILES string of the molecule is C=CC(=O)OC(OCCC(F)(F)C(F)(F)S(=O)(=O)[O-])(C(=O)OCC(C)C)C(F)(F)F. The van der Waals surface area contributed by atoms with Gasteiger partial charge in [0, 0.05) is 12.5 Å². The maximum absolute atomic E-state index is 13.5. The second kappa shape index (κ2) is 9.47. The van der Waals surface area contributed by atoms with E-state index in [2.05, 4.69) is 20.8 Å². The molecule has 1 unspecified atom stereocenters. The van der Waals surface area contributed by atoms with Crippen LogP contribution in [-0.2, 0) is 33.9 Å². The van der Waals surface area contributed by atoms with E-state index < -0.39 is 70.7 Å². The minimum Gasteiger partial charge on any atom is -0.743 e. The van der Waals surface area contributed by atoms with Crippen LogP contribution in [0, 0.1) is 5.92 Å². The molecule has 0 aliphatic rings. The van der Waals surface area contributed by atoms with E-state index >= 15 is 0 Å². The number of halogens is 7. The highest BCUT2D eigenvalue weighted by Crippen LogP contribution is 2.42. The summed E-state index contributed by atoms with van der Waals surface area (Å²) < 4.78 is 136. The third-order valence-electron chi connectivity index (χ3n) is 3.06. The lowest BCUT2D eigenvalue weighted by molar-refractivity contribution is -0.357. The predicted molar refractivity (Wildman–Crippen MR) is 81.0 cm³/mol. The van der Waals surface area contributed by atoms with Crippen molar-refractivity contribution in [3.63, 3.8) is 0 Å². The molecular formula is C14H16F7O8S-. The molecule has 0 aromatic heterocycles. The highest BCUT2D eigenvalue weighted by atomic mass is 32.2. The second-order valence-corrected chi connectivity index (χ2v) is 7.43. The molecule has 0 saturated carbocycles. The van der Waals surface area contributed by atoms with Gasteiger partial charge in [-0.3, -0.25) is 0 Å². The Hall–Kier alpha value is -1.94. The van der Waals surface area contributed by atoms with E-state index in [0.717, 1.165) is 0 Å². The highest BCUT2D eigenvalue weighted by molar-refractivity contribution is 7.86. The second-order valence-electron chi connectivity index (χ2n) is 6.01. The molecule has 0 N–H and O–H groups in total. The normalized spacial score (nSPS) is 15.4. The molecule has 0 spiro atoms. The van der Waals surface area contributed by atoms with Gasteiger partial charge in [-0.05, 0) is 5.92 Å². The zero-order valence-corrected chi connectivity index (χ0v) is 16.1. The standard InChI is InChI=1S/C14H17F7O8S/c1-4-9(22)29-12(13(17,18)19,10(23)27-7-8(2)3)28-6-5-11(15,16)14(20,21)30(24,25)26/h4,8H,1,5-7H2,2-3H3,(H,24,25,26)/p-1. The Morgan fingerprint density at radius 3 is 1.97 bits per heavy atom. The number of carbonyl (C=O) groups excluding carboxylic acids is 2. The van der Waals surface area contributed by atoms with Gasteiger partial charge in [0.2, 0.25) is 0 Å². The summed E-state index contributed by atoms with van der Waals surface area (Å²) in [5, 5.41) is -6.21. The largest absolute Gasteiger partial charge is 0.743 e. The van der Waals surface area contributed by atoms with E-state index in [1.165, 1.54) is 13.8 Å². The fourth-order valence-electron chi connectivity index (χ4n) is 1.56. The van der Waals surface area contributed by atoms with Crippen LogP contribution in [0.3, 0.4) is 0 Å². The summed E-state index contributed by atoms with van der Waals surface area (Å²) in [6.07, 6.45) is -8.29. The summed E-state index contributed by atoms with van der Waals surface area (Å²) in [7, 11) is -6.91. The molecule has 0 aromatic carbocycles. The lowest BCUT2D eigenvalue weighted by Crippen LogP contribution is -2.59. The van der Waals surface area contributed by atoms with Crippen molar-refractivity contribution in [3.05, 3.63) is 12.7 Å². The first-order valence-corrected chi connectivity index (χ1v) is 9.10. The van der Waals surface area contributed by atoms with E-state index in [1.54, 1.807) is 0 Å². The van der Waals surface area contributed by atoms with Crippen LogP contribution >= 0.6 is 0 Å². The summed E-state index contributed by atoms with van der Waals surface area (Å²) >= 11 is 0. The van der Waals surface area contributed by atoms with Crippen molar-refractivity contribution >= 4 is 22.1 Å². The molecule has 0 saturated heterocycles. The average Bonchev–Trinajstić information content (AvgIpc) is 2.55. The molecule has 0 rings (SSSR count). The maximum atomic E-state index is 13.5. The van der Waals surface area contributed by atoms with E-state index in [0.29, 0.717) is 0 Å². The summed E-state index contributed by atoms with van der Waals surface area (Å²) in [6.45, 7) is 2.77. The van der Waals surface area contributed by atoms with Gasteiger partial charge in [0.1, 0.15) is 0 Å². The van der Waals surface area contributed by atoms with E-state index in [1.807, 2.05) is 0 Å². The molecule has 0 radical (unpaired) electrons. The Kier molecular flexibility index (Phi) is 8.85. The zero-order chi connectivity index (χ0) is 24.2. The molecule has 0 amide bonds. The number of hydrogen-bond donors (Lipinski definition) is 0. The molecule has 16 heteroatoms. The van der Waals surface area contributed by atoms with Crippen LogP contribution in [0.25, 0.3) is 0 Å². The molecule has 0 aromatic rings. The molecule has 0 heterocycles. The lowest BCUT2D eigenvalue weighted by Gasteiger charge is -2.33. The van der Waals surface area contributed by atoms with Gasteiger partial charge in [0.25, 0.3) is 0 Å². The van der Waals surface area contributed by atoms with E-state index in [-0.39, 0.29) is 6.08 Å². The van der Waals surface area contributed by atoms with Crippen molar-refractivity contribution in [2.75, 3.05) is 13.2 Å². The minimum atomic E-state index is -6.91. The lowest BCUT2D eigenvalue weighted by atomic mass is 10.2. The summed E-state index contributed by atoms with van der Waals surface area (Å²) in [4.78, 5) is 23.2. The Morgan fingerprint density at radius 1 is 1.10 bits per heavy atom. The Labute approximate surface area is 165 Å². The van der Waals surface area contributed by atoms with Crippen molar-refractivity contribution in [1.29, 1.82) is 0 Å². The topological polar surface area (TPSA) is 119 Å². The predicted octanol–water partition coefficient (Wildman–Crippen LogP) is 2.35. The van der Waals surface area contributed by atoms with Gasteiger partial charge >= 0.3 is 35.1 Å². The van der Waals surface area contributed by atoms with Crippen LogP contribution in [0.5, 0.6) is 0 Å². The Morgan fingerprint density at radius 2 is 1.60 bits per heavy atom. The number of rotatable bonds is 11. The van der Waals surface area contributed by atoms with Crippen molar-refractivity contribution in [3.8, 4) is 0 Å². The number of alkyl halides is 7. The smallest absolute Gasteiger partial charge is 0.468 e. The molecular weight excluding hydrogens is 461 g/mol. The van der Waals surface area contributed by atoms with Gasteiger partial charge < -0.3 is 18.8 Å². The third kappa shape index (κ3) is 6.28. The van der Waals surface area contributed by atoms with Crippen LogP contribution < -0.4 is 0 Å². The average molecular weight is 477 g/mol. The van der Waals surface area contributed by atoms with Gasteiger partial charge in [-0.1, -0.05) is 20.4 Å².